The topological polar surface area (TPSA) is 52.6 Å². The van der Waals surface area contributed by atoms with Crippen molar-refractivity contribution in [3.05, 3.63) is 12.2 Å². The van der Waals surface area contributed by atoms with Gasteiger partial charge in [-0.15, -0.1) is 0 Å². The quantitative estimate of drug-likeness (QED) is 0.318. The van der Waals surface area contributed by atoms with Gasteiger partial charge in [0, 0.05) is 12.2 Å². The summed E-state index contributed by atoms with van der Waals surface area (Å²) in [6, 6.07) is 0. The van der Waals surface area contributed by atoms with Crippen molar-refractivity contribution < 1.29 is 54.2 Å². The Labute approximate surface area is 143 Å². The molecule has 0 aromatic heterocycles. The number of hydrogen-bond acceptors (Lipinski definition) is 4. The average Bonchev–Trinajstić information content (AvgIpc) is 2.50. The molecule has 0 aliphatic carbocycles. The molecule has 0 spiro atoms. The van der Waals surface area contributed by atoms with Crippen LogP contribution in [0.5, 0.6) is 0 Å². The molecule has 0 unspecified atom stereocenters. The van der Waals surface area contributed by atoms with E-state index in [0.29, 0.717) is 12.5 Å². The van der Waals surface area contributed by atoms with Crippen LogP contribution in [-0.2, 0) is 19.1 Å². The van der Waals surface area contributed by atoms with Gasteiger partial charge in [-0.25, -0.2) is 18.4 Å². The Balaban J connectivity index is 4.69. The van der Waals surface area contributed by atoms with E-state index in [0.717, 1.165) is 0 Å². The summed E-state index contributed by atoms with van der Waals surface area (Å²) >= 11 is 0. The van der Waals surface area contributed by atoms with Gasteiger partial charge >= 0.3 is 36.1 Å². The smallest absolute Gasteiger partial charge is 0.381 e. The Bertz CT molecular complexity index is 517. The first kappa shape index (κ1) is 24.1. The standard InChI is InChI=1S/C14H16F8O4/c1-8(2)5-6-25-9(23)3-4-10(24)26-7-12(17,18)14(21,22)13(19,20)11(15)16/h3-4,8,11H,5-7H2,1-2H3/b4-3+. The molecule has 0 heterocycles. The van der Waals surface area contributed by atoms with Crippen LogP contribution in [0.4, 0.5) is 35.1 Å². The highest BCUT2D eigenvalue weighted by Gasteiger charge is 2.75. The Morgan fingerprint density at radius 3 is 1.81 bits per heavy atom. The van der Waals surface area contributed by atoms with Crippen molar-refractivity contribution in [2.75, 3.05) is 13.2 Å². The lowest BCUT2D eigenvalue weighted by Crippen LogP contribution is -2.59. The third kappa shape index (κ3) is 6.45. The van der Waals surface area contributed by atoms with E-state index >= 15 is 0 Å². The van der Waals surface area contributed by atoms with Crippen LogP contribution in [0.25, 0.3) is 0 Å². The first-order chi connectivity index (χ1) is 11.6. The fourth-order valence-corrected chi connectivity index (χ4v) is 1.26. The normalized spacial score (nSPS) is 13.5. The van der Waals surface area contributed by atoms with E-state index in [1.165, 1.54) is 0 Å². The number of carbonyl (C=O) groups excluding carboxylic acids is 2. The number of ether oxygens (including phenoxy) is 2. The Kier molecular flexibility index (Phi) is 8.51. The SMILES string of the molecule is CC(C)CCOC(=O)/C=C/C(=O)OCC(F)(F)C(F)(F)C(F)(F)C(F)F. The fourth-order valence-electron chi connectivity index (χ4n) is 1.26. The molecule has 0 radical (unpaired) electrons. The van der Waals surface area contributed by atoms with E-state index in [1.807, 2.05) is 13.8 Å². The zero-order chi connectivity index (χ0) is 20.8. The first-order valence-corrected chi connectivity index (χ1v) is 7.08. The summed E-state index contributed by atoms with van der Waals surface area (Å²) in [5, 5.41) is 0. The second-order valence-electron chi connectivity index (χ2n) is 5.49. The minimum atomic E-state index is -6.48. The summed E-state index contributed by atoms with van der Waals surface area (Å²) in [7, 11) is 0. The van der Waals surface area contributed by atoms with Gasteiger partial charge in [-0.05, 0) is 12.3 Å². The zero-order valence-electron chi connectivity index (χ0n) is 13.6. The van der Waals surface area contributed by atoms with Crippen molar-refractivity contribution in [1.29, 1.82) is 0 Å². The van der Waals surface area contributed by atoms with Gasteiger partial charge in [0.05, 0.1) is 6.61 Å². The lowest BCUT2D eigenvalue weighted by molar-refractivity contribution is -0.344. The molecule has 0 aliphatic rings. The molecule has 12 heteroatoms. The molecule has 0 saturated carbocycles. The van der Waals surface area contributed by atoms with Crippen molar-refractivity contribution in [3.8, 4) is 0 Å². The summed E-state index contributed by atoms with van der Waals surface area (Å²) in [6.45, 7) is 1.04. The van der Waals surface area contributed by atoms with Gasteiger partial charge in [0.2, 0.25) is 0 Å². The molecule has 0 fully saturated rings. The van der Waals surface area contributed by atoms with Gasteiger partial charge in [0.1, 0.15) is 0 Å². The summed E-state index contributed by atoms with van der Waals surface area (Å²) in [5.74, 6) is -21.2. The number of alkyl halides is 8. The summed E-state index contributed by atoms with van der Waals surface area (Å²) in [5.41, 5.74) is 0. The number of halogens is 8. The van der Waals surface area contributed by atoms with Crippen LogP contribution in [0, 0.1) is 5.92 Å². The van der Waals surface area contributed by atoms with Gasteiger partial charge in [0.15, 0.2) is 6.61 Å². The van der Waals surface area contributed by atoms with E-state index < -0.39 is 42.7 Å². The molecule has 0 rings (SSSR count). The molecule has 0 atom stereocenters. The molecule has 0 N–H and O–H groups in total. The van der Waals surface area contributed by atoms with E-state index in [9.17, 15) is 44.7 Å². The highest BCUT2D eigenvalue weighted by Crippen LogP contribution is 2.48. The fraction of sp³-hybridized carbons (Fsp3) is 0.714. The number of esters is 2. The minimum absolute atomic E-state index is 0.0110. The molecule has 0 aromatic carbocycles. The maximum atomic E-state index is 13.1. The third-order valence-electron chi connectivity index (χ3n) is 2.84. The van der Waals surface area contributed by atoms with Gasteiger partial charge < -0.3 is 9.47 Å². The predicted octanol–water partition coefficient (Wildman–Crippen LogP) is 3.85. The van der Waals surface area contributed by atoms with E-state index in [4.69, 9.17) is 0 Å². The molecule has 0 amide bonds. The highest BCUT2D eigenvalue weighted by atomic mass is 19.4. The second kappa shape index (κ2) is 9.17. The van der Waals surface area contributed by atoms with Gasteiger partial charge in [-0.1, -0.05) is 13.8 Å². The van der Waals surface area contributed by atoms with Gasteiger partial charge in [0.25, 0.3) is 0 Å². The minimum Gasteiger partial charge on any atom is -0.463 e. The average molecular weight is 400 g/mol. The van der Waals surface area contributed by atoms with Crippen LogP contribution >= 0.6 is 0 Å². The van der Waals surface area contributed by atoms with Gasteiger partial charge in [-0.3, -0.25) is 0 Å². The van der Waals surface area contributed by atoms with Crippen molar-refractivity contribution in [2.24, 2.45) is 5.92 Å². The maximum absolute atomic E-state index is 13.1. The van der Waals surface area contributed by atoms with Crippen molar-refractivity contribution in [2.45, 2.75) is 44.5 Å². The molecule has 152 valence electrons. The third-order valence-corrected chi connectivity index (χ3v) is 2.84. The van der Waals surface area contributed by atoms with Crippen LogP contribution in [0.15, 0.2) is 12.2 Å². The summed E-state index contributed by atoms with van der Waals surface area (Å²) < 4.78 is 109. The van der Waals surface area contributed by atoms with Crippen LogP contribution in [0.2, 0.25) is 0 Å². The predicted molar refractivity (Wildman–Crippen MR) is 71.4 cm³/mol. The largest absolute Gasteiger partial charge is 0.463 e. The van der Waals surface area contributed by atoms with Crippen LogP contribution in [0.1, 0.15) is 20.3 Å². The molecule has 0 aromatic rings. The summed E-state index contributed by atoms with van der Waals surface area (Å²) in [6.07, 6.45) is -3.91. The first-order valence-electron chi connectivity index (χ1n) is 7.08. The maximum Gasteiger partial charge on any atom is 0.381 e. The lowest BCUT2D eigenvalue weighted by Gasteiger charge is -2.31. The number of rotatable bonds is 10. The molecule has 0 bridgehead atoms. The van der Waals surface area contributed by atoms with E-state index in [1.54, 1.807) is 0 Å². The molecule has 0 aliphatic heterocycles. The lowest BCUT2D eigenvalue weighted by atomic mass is 10.1. The van der Waals surface area contributed by atoms with Crippen LogP contribution in [0.3, 0.4) is 0 Å². The second-order valence-corrected chi connectivity index (χ2v) is 5.49. The summed E-state index contributed by atoms with van der Waals surface area (Å²) in [4.78, 5) is 22.2. The Morgan fingerprint density at radius 2 is 1.38 bits per heavy atom. The molecular weight excluding hydrogens is 384 g/mol. The molecule has 0 saturated heterocycles. The van der Waals surface area contributed by atoms with Gasteiger partial charge in [-0.2, -0.15) is 26.3 Å². The van der Waals surface area contributed by atoms with E-state index in [-0.39, 0.29) is 18.6 Å². The van der Waals surface area contributed by atoms with E-state index in [2.05, 4.69) is 9.47 Å². The monoisotopic (exact) mass is 400 g/mol. The highest BCUT2D eigenvalue weighted by molar-refractivity contribution is 5.91. The van der Waals surface area contributed by atoms with Crippen molar-refractivity contribution >= 4 is 11.9 Å². The van der Waals surface area contributed by atoms with Crippen molar-refractivity contribution in [1.82, 2.24) is 0 Å². The number of hydrogen-bond donors (Lipinski definition) is 0. The zero-order valence-corrected chi connectivity index (χ0v) is 13.6. The Hall–Kier alpha value is -1.88. The van der Waals surface area contributed by atoms with Crippen LogP contribution < -0.4 is 0 Å². The van der Waals surface area contributed by atoms with Crippen LogP contribution in [-0.4, -0.2) is 49.3 Å². The Morgan fingerprint density at radius 1 is 0.923 bits per heavy atom. The number of carbonyl (C=O) groups is 2. The molecule has 26 heavy (non-hydrogen) atoms. The molecular formula is C14H16F8O4. The van der Waals surface area contributed by atoms with Crippen molar-refractivity contribution in [3.63, 3.8) is 0 Å². The molecule has 4 nitrogen and oxygen atoms in total.